The molecule has 20 heavy (non-hydrogen) atoms. The summed E-state index contributed by atoms with van der Waals surface area (Å²) in [6.07, 6.45) is 2.05. The number of anilines is 1. The Hall–Kier alpha value is -2.96. The molecule has 7 nitrogen and oxygen atoms in total. The van der Waals surface area contributed by atoms with Gasteiger partial charge in [0.05, 0.1) is 11.3 Å². The van der Waals surface area contributed by atoms with E-state index in [0.717, 1.165) is 0 Å². The molecule has 0 aliphatic rings. The number of carbonyl (C=O) groups excluding carboxylic acids is 2. The molecule has 2 amide bonds. The Morgan fingerprint density at radius 3 is 2.80 bits per heavy atom. The van der Waals surface area contributed by atoms with Crippen molar-refractivity contribution in [2.45, 2.75) is 6.92 Å². The summed E-state index contributed by atoms with van der Waals surface area (Å²) < 4.78 is 4.89. The van der Waals surface area contributed by atoms with Crippen LogP contribution in [0.25, 0.3) is 11.3 Å². The summed E-state index contributed by atoms with van der Waals surface area (Å²) in [4.78, 5) is 30.1. The molecule has 0 radical (unpaired) electrons. The van der Waals surface area contributed by atoms with Gasteiger partial charge in [-0.25, -0.2) is 9.78 Å². The number of hydrogen-bond donors (Lipinski definition) is 2. The van der Waals surface area contributed by atoms with Crippen molar-refractivity contribution in [3.05, 3.63) is 36.7 Å². The van der Waals surface area contributed by atoms with Crippen LogP contribution in [0.4, 0.5) is 10.6 Å². The van der Waals surface area contributed by atoms with E-state index >= 15 is 0 Å². The van der Waals surface area contributed by atoms with E-state index < -0.39 is 6.09 Å². The van der Waals surface area contributed by atoms with Crippen molar-refractivity contribution in [1.29, 1.82) is 0 Å². The highest BCUT2D eigenvalue weighted by atomic mass is 16.5. The number of ether oxygens (including phenoxy) is 1. The number of primary amides is 1. The molecule has 0 fully saturated rings. The fourth-order valence-electron chi connectivity index (χ4n) is 1.61. The minimum atomic E-state index is -0.921. The fourth-order valence-corrected chi connectivity index (χ4v) is 1.61. The molecule has 0 spiro atoms. The molecule has 0 atom stereocenters. The van der Waals surface area contributed by atoms with Crippen LogP contribution < -0.4 is 15.8 Å². The monoisotopic (exact) mass is 272 g/mol. The van der Waals surface area contributed by atoms with E-state index in [9.17, 15) is 9.59 Å². The van der Waals surface area contributed by atoms with E-state index in [0.29, 0.717) is 17.1 Å². The smallest absolute Gasteiger partial charge is 0.409 e. The van der Waals surface area contributed by atoms with Crippen LogP contribution in [0.5, 0.6) is 5.75 Å². The largest absolute Gasteiger partial charge is 0.410 e. The van der Waals surface area contributed by atoms with Crippen molar-refractivity contribution in [2.24, 2.45) is 5.73 Å². The maximum Gasteiger partial charge on any atom is 0.409 e. The molecular formula is C13H12N4O3. The Morgan fingerprint density at radius 2 is 2.10 bits per heavy atom. The van der Waals surface area contributed by atoms with Crippen molar-refractivity contribution in [2.75, 3.05) is 5.32 Å². The van der Waals surface area contributed by atoms with E-state index in [1.807, 2.05) is 0 Å². The first-order valence-electron chi connectivity index (χ1n) is 5.72. The minimum absolute atomic E-state index is 0.227. The SMILES string of the molecule is CC(=O)Nc1cccc(-c2cnccc2OC(N)=O)n1. The number of amides is 2. The molecule has 3 N–H and O–H groups in total. The van der Waals surface area contributed by atoms with Gasteiger partial charge in [-0.3, -0.25) is 9.78 Å². The first-order valence-corrected chi connectivity index (χ1v) is 5.72. The topological polar surface area (TPSA) is 107 Å². The molecule has 0 aliphatic carbocycles. The lowest BCUT2D eigenvalue weighted by molar-refractivity contribution is -0.114. The van der Waals surface area contributed by atoms with Crippen LogP contribution in [-0.2, 0) is 4.79 Å². The summed E-state index contributed by atoms with van der Waals surface area (Å²) in [6.45, 7) is 1.39. The van der Waals surface area contributed by atoms with Crippen LogP contribution >= 0.6 is 0 Å². The maximum absolute atomic E-state index is 11.0. The molecular weight excluding hydrogens is 260 g/mol. The highest BCUT2D eigenvalue weighted by molar-refractivity contribution is 5.88. The molecule has 2 heterocycles. The summed E-state index contributed by atoms with van der Waals surface area (Å²) in [7, 11) is 0. The van der Waals surface area contributed by atoms with Gasteiger partial charge in [-0.1, -0.05) is 6.07 Å². The van der Waals surface area contributed by atoms with Gasteiger partial charge < -0.3 is 15.8 Å². The average Bonchev–Trinajstić information content (AvgIpc) is 2.38. The van der Waals surface area contributed by atoms with Crippen LogP contribution in [0.3, 0.4) is 0 Å². The quantitative estimate of drug-likeness (QED) is 0.881. The van der Waals surface area contributed by atoms with Gasteiger partial charge in [0.2, 0.25) is 5.91 Å². The second-order valence-corrected chi connectivity index (χ2v) is 3.88. The minimum Gasteiger partial charge on any atom is -0.410 e. The van der Waals surface area contributed by atoms with Crippen molar-refractivity contribution >= 4 is 17.8 Å². The second-order valence-electron chi connectivity index (χ2n) is 3.88. The highest BCUT2D eigenvalue weighted by Gasteiger charge is 2.10. The summed E-state index contributed by atoms with van der Waals surface area (Å²) in [5.74, 6) is 0.415. The predicted molar refractivity (Wildman–Crippen MR) is 72.0 cm³/mol. The zero-order chi connectivity index (χ0) is 14.5. The van der Waals surface area contributed by atoms with E-state index in [-0.39, 0.29) is 11.7 Å². The molecule has 0 saturated carbocycles. The Bertz CT molecular complexity index is 658. The summed E-state index contributed by atoms with van der Waals surface area (Å²) in [5, 5.41) is 2.57. The molecule has 7 heteroatoms. The molecule has 0 unspecified atom stereocenters. The third-order valence-corrected chi connectivity index (χ3v) is 2.32. The van der Waals surface area contributed by atoms with Gasteiger partial charge in [-0.2, -0.15) is 0 Å². The summed E-state index contributed by atoms with van der Waals surface area (Å²) in [5.41, 5.74) is 6.01. The molecule has 0 aromatic carbocycles. The van der Waals surface area contributed by atoms with Gasteiger partial charge in [-0.15, -0.1) is 0 Å². The zero-order valence-corrected chi connectivity index (χ0v) is 10.7. The lowest BCUT2D eigenvalue weighted by Crippen LogP contribution is -2.16. The number of nitrogens with zero attached hydrogens (tertiary/aromatic N) is 2. The van der Waals surface area contributed by atoms with Crippen LogP contribution in [0.1, 0.15) is 6.92 Å². The van der Waals surface area contributed by atoms with Gasteiger partial charge in [0.1, 0.15) is 11.6 Å². The second kappa shape index (κ2) is 5.79. The lowest BCUT2D eigenvalue weighted by Gasteiger charge is -2.08. The van der Waals surface area contributed by atoms with Crippen molar-refractivity contribution in [3.8, 4) is 17.0 Å². The Labute approximate surface area is 114 Å². The number of nitrogens with two attached hydrogens (primary N) is 1. The van der Waals surface area contributed by atoms with E-state index in [1.54, 1.807) is 18.2 Å². The van der Waals surface area contributed by atoms with Gasteiger partial charge in [0.15, 0.2) is 0 Å². The van der Waals surface area contributed by atoms with Gasteiger partial charge in [0.25, 0.3) is 0 Å². The lowest BCUT2D eigenvalue weighted by atomic mass is 10.1. The number of rotatable bonds is 3. The van der Waals surface area contributed by atoms with Crippen molar-refractivity contribution < 1.29 is 14.3 Å². The Balaban J connectivity index is 2.40. The Morgan fingerprint density at radius 1 is 1.30 bits per heavy atom. The standard InChI is InChI=1S/C13H12N4O3/c1-8(18)16-12-4-2-3-10(17-12)9-7-15-6-5-11(9)20-13(14)19/h2-7H,1H3,(H2,14,19)(H,16,17,18). The summed E-state index contributed by atoms with van der Waals surface area (Å²) in [6, 6.07) is 6.58. The third kappa shape index (κ3) is 3.29. The molecule has 0 bridgehead atoms. The first-order chi connectivity index (χ1) is 9.56. The van der Waals surface area contributed by atoms with Crippen molar-refractivity contribution in [1.82, 2.24) is 9.97 Å². The highest BCUT2D eigenvalue weighted by Crippen LogP contribution is 2.28. The number of nitrogens with one attached hydrogen (secondary N) is 1. The zero-order valence-electron chi connectivity index (χ0n) is 10.7. The van der Waals surface area contributed by atoms with Gasteiger partial charge in [-0.05, 0) is 12.1 Å². The van der Waals surface area contributed by atoms with Crippen LogP contribution in [-0.4, -0.2) is 22.0 Å². The molecule has 0 saturated heterocycles. The molecule has 0 aliphatic heterocycles. The van der Waals surface area contributed by atoms with E-state index in [2.05, 4.69) is 15.3 Å². The van der Waals surface area contributed by atoms with Crippen LogP contribution in [0.2, 0.25) is 0 Å². The van der Waals surface area contributed by atoms with Crippen LogP contribution in [0.15, 0.2) is 36.7 Å². The van der Waals surface area contributed by atoms with E-state index in [1.165, 1.54) is 25.4 Å². The normalized spacial score (nSPS) is 9.85. The fraction of sp³-hybridized carbons (Fsp3) is 0.0769. The average molecular weight is 272 g/mol. The summed E-state index contributed by atoms with van der Waals surface area (Å²) >= 11 is 0. The predicted octanol–water partition coefficient (Wildman–Crippen LogP) is 1.56. The van der Waals surface area contributed by atoms with Crippen molar-refractivity contribution in [3.63, 3.8) is 0 Å². The number of carbonyl (C=O) groups is 2. The van der Waals surface area contributed by atoms with Gasteiger partial charge >= 0.3 is 6.09 Å². The first kappa shape index (κ1) is 13.5. The number of hydrogen-bond acceptors (Lipinski definition) is 5. The third-order valence-electron chi connectivity index (χ3n) is 2.32. The number of aromatic nitrogens is 2. The van der Waals surface area contributed by atoms with E-state index in [4.69, 9.17) is 10.5 Å². The molecule has 2 rings (SSSR count). The van der Waals surface area contributed by atoms with Gasteiger partial charge in [0, 0.05) is 25.4 Å². The number of pyridine rings is 2. The Kier molecular flexibility index (Phi) is 3.90. The maximum atomic E-state index is 11.0. The molecule has 102 valence electrons. The molecule has 2 aromatic heterocycles. The van der Waals surface area contributed by atoms with Crippen LogP contribution in [0, 0.1) is 0 Å². The molecule has 2 aromatic rings.